The van der Waals surface area contributed by atoms with Crippen LogP contribution in [0.25, 0.3) is 0 Å². The van der Waals surface area contributed by atoms with Crippen LogP contribution < -0.4 is 11.5 Å². The lowest BCUT2D eigenvalue weighted by Gasteiger charge is -2.34. The van der Waals surface area contributed by atoms with Gasteiger partial charge in [-0.1, -0.05) is 6.92 Å². The first-order valence-corrected chi connectivity index (χ1v) is 8.36. The molecule has 2 unspecified atom stereocenters. The fourth-order valence-electron chi connectivity index (χ4n) is 3.73. The van der Waals surface area contributed by atoms with E-state index in [2.05, 4.69) is 6.92 Å². The summed E-state index contributed by atoms with van der Waals surface area (Å²) in [6, 6.07) is 0.292. The molecule has 0 aromatic carbocycles. The summed E-state index contributed by atoms with van der Waals surface area (Å²) in [6.45, 7) is 3.10. The Labute approximate surface area is 137 Å². The molecule has 2 aliphatic rings. The van der Waals surface area contributed by atoms with Gasteiger partial charge in [0, 0.05) is 26.2 Å². The van der Waals surface area contributed by atoms with Crippen LogP contribution in [0.3, 0.4) is 0 Å². The summed E-state index contributed by atoms with van der Waals surface area (Å²) in [5.74, 6) is -1.49. The molecule has 0 bridgehead atoms. The number of hydrogen-bond acceptors (Lipinski definition) is 4. The van der Waals surface area contributed by atoms with Crippen molar-refractivity contribution in [3.05, 3.63) is 0 Å². The van der Waals surface area contributed by atoms with Gasteiger partial charge in [0.25, 0.3) is 0 Å². The summed E-state index contributed by atoms with van der Waals surface area (Å²) < 4.78 is 0. The molecule has 1 heterocycles. The molecule has 2 atom stereocenters. The molecule has 1 aliphatic carbocycles. The lowest BCUT2D eigenvalue weighted by atomic mass is 9.87. The molecule has 2 fully saturated rings. The molecule has 7 nitrogen and oxygen atoms in total. The molecular formula is C16H28N4O3. The quantitative estimate of drug-likeness (QED) is 0.713. The van der Waals surface area contributed by atoms with Gasteiger partial charge in [0.1, 0.15) is 0 Å². The van der Waals surface area contributed by atoms with Gasteiger partial charge >= 0.3 is 0 Å². The molecule has 7 heteroatoms. The van der Waals surface area contributed by atoms with Gasteiger partial charge in [-0.15, -0.1) is 0 Å². The molecule has 1 aliphatic heterocycles. The van der Waals surface area contributed by atoms with E-state index in [1.165, 1.54) is 0 Å². The van der Waals surface area contributed by atoms with E-state index < -0.39 is 23.7 Å². The van der Waals surface area contributed by atoms with Gasteiger partial charge in [0.05, 0.1) is 18.4 Å². The molecule has 3 amide bonds. The SMILES string of the molecule is CC1CCC(N(C)C(=O)CN2CC(C(N)=O)C(C(N)=O)C2)CC1. The second kappa shape index (κ2) is 7.29. The van der Waals surface area contributed by atoms with Crippen molar-refractivity contribution in [2.45, 2.75) is 38.6 Å². The topological polar surface area (TPSA) is 110 Å². The van der Waals surface area contributed by atoms with Crippen LogP contribution in [0.15, 0.2) is 0 Å². The Balaban J connectivity index is 1.90. The number of amides is 3. The van der Waals surface area contributed by atoms with Gasteiger partial charge < -0.3 is 16.4 Å². The Morgan fingerprint density at radius 2 is 1.48 bits per heavy atom. The van der Waals surface area contributed by atoms with Crippen molar-refractivity contribution >= 4 is 17.7 Å². The standard InChI is InChI=1S/C16H28N4O3/c1-10-3-5-11(6-4-10)19(2)14(21)9-20-7-12(15(17)22)13(8-20)16(18)23/h10-13H,3-9H2,1-2H3,(H2,17,22)(H2,18,23). The number of carbonyl (C=O) groups excluding carboxylic acids is 3. The van der Waals surface area contributed by atoms with Crippen molar-refractivity contribution in [1.82, 2.24) is 9.80 Å². The van der Waals surface area contributed by atoms with Crippen molar-refractivity contribution in [3.63, 3.8) is 0 Å². The van der Waals surface area contributed by atoms with E-state index in [9.17, 15) is 14.4 Å². The van der Waals surface area contributed by atoms with Crippen LogP contribution in [0.5, 0.6) is 0 Å². The second-order valence-electron chi connectivity index (χ2n) is 7.13. The van der Waals surface area contributed by atoms with Gasteiger partial charge in [-0.25, -0.2) is 0 Å². The maximum Gasteiger partial charge on any atom is 0.236 e. The molecule has 2 rings (SSSR count). The highest BCUT2D eigenvalue weighted by Crippen LogP contribution is 2.27. The highest BCUT2D eigenvalue weighted by Gasteiger charge is 2.40. The van der Waals surface area contributed by atoms with E-state index in [1.807, 2.05) is 16.8 Å². The minimum Gasteiger partial charge on any atom is -0.369 e. The summed E-state index contributed by atoms with van der Waals surface area (Å²) >= 11 is 0. The number of nitrogens with zero attached hydrogens (tertiary/aromatic N) is 2. The number of primary amides is 2. The summed E-state index contributed by atoms with van der Waals surface area (Å²) in [4.78, 5) is 39.0. The van der Waals surface area contributed by atoms with Crippen molar-refractivity contribution in [2.24, 2.45) is 29.2 Å². The number of carbonyl (C=O) groups is 3. The predicted molar refractivity (Wildman–Crippen MR) is 86.0 cm³/mol. The maximum atomic E-state index is 12.5. The van der Waals surface area contributed by atoms with Crippen molar-refractivity contribution < 1.29 is 14.4 Å². The van der Waals surface area contributed by atoms with Crippen molar-refractivity contribution in [1.29, 1.82) is 0 Å². The number of likely N-dealkylation sites (N-methyl/N-ethyl adjacent to an activating group) is 1. The van der Waals surface area contributed by atoms with Crippen LogP contribution in [0.1, 0.15) is 32.6 Å². The lowest BCUT2D eigenvalue weighted by molar-refractivity contribution is -0.134. The first-order valence-electron chi connectivity index (χ1n) is 8.36. The van der Waals surface area contributed by atoms with Gasteiger partial charge in [-0.2, -0.15) is 0 Å². The molecule has 1 saturated heterocycles. The average Bonchev–Trinajstić information content (AvgIpc) is 2.91. The fraction of sp³-hybridized carbons (Fsp3) is 0.812. The van der Waals surface area contributed by atoms with Gasteiger partial charge in [-0.3, -0.25) is 19.3 Å². The number of rotatable bonds is 5. The second-order valence-corrected chi connectivity index (χ2v) is 7.13. The third kappa shape index (κ3) is 4.22. The van der Waals surface area contributed by atoms with E-state index in [1.54, 1.807) is 0 Å². The van der Waals surface area contributed by atoms with Crippen LogP contribution in [0.4, 0.5) is 0 Å². The van der Waals surface area contributed by atoms with Crippen molar-refractivity contribution in [2.75, 3.05) is 26.7 Å². The molecule has 4 N–H and O–H groups in total. The van der Waals surface area contributed by atoms with Crippen LogP contribution in [-0.2, 0) is 14.4 Å². The Bertz CT molecular complexity index is 452. The smallest absolute Gasteiger partial charge is 0.236 e. The Kier molecular flexibility index (Phi) is 5.62. The van der Waals surface area contributed by atoms with Crippen LogP contribution in [-0.4, -0.2) is 60.2 Å². The number of nitrogens with two attached hydrogens (primary N) is 2. The number of likely N-dealkylation sites (tertiary alicyclic amines) is 1. The molecular weight excluding hydrogens is 296 g/mol. The fourth-order valence-corrected chi connectivity index (χ4v) is 3.73. The zero-order valence-corrected chi connectivity index (χ0v) is 14.0. The van der Waals surface area contributed by atoms with E-state index >= 15 is 0 Å². The third-order valence-corrected chi connectivity index (χ3v) is 5.41. The Morgan fingerprint density at radius 1 is 1.00 bits per heavy atom. The zero-order valence-electron chi connectivity index (χ0n) is 14.0. The highest BCUT2D eigenvalue weighted by atomic mass is 16.2. The summed E-state index contributed by atoms with van der Waals surface area (Å²) in [6.07, 6.45) is 4.38. The van der Waals surface area contributed by atoms with Gasteiger partial charge in [0.2, 0.25) is 17.7 Å². The largest absolute Gasteiger partial charge is 0.369 e. The molecule has 23 heavy (non-hydrogen) atoms. The van der Waals surface area contributed by atoms with Gasteiger partial charge in [0.15, 0.2) is 0 Å². The molecule has 130 valence electrons. The van der Waals surface area contributed by atoms with Crippen LogP contribution in [0.2, 0.25) is 0 Å². The average molecular weight is 324 g/mol. The summed E-state index contributed by atoms with van der Waals surface area (Å²) in [5.41, 5.74) is 10.7. The first-order chi connectivity index (χ1) is 10.8. The lowest BCUT2D eigenvalue weighted by Crippen LogP contribution is -2.44. The van der Waals surface area contributed by atoms with Crippen molar-refractivity contribution in [3.8, 4) is 0 Å². The molecule has 0 aromatic heterocycles. The molecule has 0 spiro atoms. The van der Waals surface area contributed by atoms with Crippen LogP contribution >= 0.6 is 0 Å². The van der Waals surface area contributed by atoms with E-state index in [-0.39, 0.29) is 12.5 Å². The molecule has 0 radical (unpaired) electrons. The third-order valence-electron chi connectivity index (χ3n) is 5.41. The van der Waals surface area contributed by atoms with E-state index in [0.29, 0.717) is 19.1 Å². The Hall–Kier alpha value is -1.63. The number of hydrogen-bond donors (Lipinski definition) is 2. The monoisotopic (exact) mass is 324 g/mol. The Morgan fingerprint density at radius 3 is 1.91 bits per heavy atom. The minimum atomic E-state index is -0.596. The zero-order chi connectivity index (χ0) is 17.1. The highest BCUT2D eigenvalue weighted by molar-refractivity contribution is 5.87. The normalized spacial score (nSPS) is 31.7. The minimum absolute atomic E-state index is 0.0258. The summed E-state index contributed by atoms with van der Waals surface area (Å²) in [5, 5.41) is 0. The van der Waals surface area contributed by atoms with E-state index in [4.69, 9.17) is 11.5 Å². The summed E-state index contributed by atoms with van der Waals surface area (Å²) in [7, 11) is 1.84. The predicted octanol–water partition coefficient (Wildman–Crippen LogP) is -0.458. The van der Waals surface area contributed by atoms with Gasteiger partial charge in [-0.05, 0) is 31.6 Å². The first kappa shape index (κ1) is 17.7. The maximum absolute atomic E-state index is 12.5. The molecule has 0 aromatic rings. The molecule has 1 saturated carbocycles. The van der Waals surface area contributed by atoms with Crippen LogP contribution in [0, 0.1) is 17.8 Å². The van der Waals surface area contributed by atoms with E-state index in [0.717, 1.165) is 31.6 Å².